The zero-order valence-electron chi connectivity index (χ0n) is 12.1. The molecule has 6 heteroatoms. The summed E-state index contributed by atoms with van der Waals surface area (Å²) < 4.78 is 10.8. The average molecular weight is 268 g/mol. The summed E-state index contributed by atoms with van der Waals surface area (Å²) in [5, 5.41) is 0. The maximum atomic E-state index is 5.58. The number of hydrogen-bond acceptors (Lipinski definition) is 6. The second kappa shape index (κ2) is 8.50. The van der Waals surface area contributed by atoms with Gasteiger partial charge in [0.15, 0.2) is 0 Å². The molecule has 2 N–H and O–H groups in total. The Hall–Kier alpha value is -1.59. The van der Waals surface area contributed by atoms with E-state index in [1.807, 2.05) is 13.8 Å². The molecule has 0 spiro atoms. The number of hydrogen-bond donors (Lipinski definition) is 1. The van der Waals surface area contributed by atoms with Crippen LogP contribution >= 0.6 is 0 Å². The molecule has 19 heavy (non-hydrogen) atoms. The van der Waals surface area contributed by atoms with Crippen molar-refractivity contribution in [2.75, 3.05) is 12.3 Å². The first-order valence-corrected chi connectivity index (χ1v) is 6.92. The highest BCUT2D eigenvalue weighted by Crippen LogP contribution is 2.12. The van der Waals surface area contributed by atoms with Crippen LogP contribution in [0.3, 0.4) is 0 Å². The number of anilines is 1. The topological polar surface area (TPSA) is 83.2 Å². The minimum Gasteiger partial charge on any atom is -0.463 e. The van der Waals surface area contributed by atoms with Crippen LogP contribution in [-0.4, -0.2) is 27.7 Å². The first-order chi connectivity index (χ1) is 9.11. The third-order valence-corrected chi connectivity index (χ3v) is 2.43. The van der Waals surface area contributed by atoms with Gasteiger partial charge in [-0.2, -0.15) is 9.97 Å². The first-order valence-electron chi connectivity index (χ1n) is 6.92. The molecule has 1 aromatic rings. The number of rotatable bonds is 9. The number of aromatic nitrogens is 3. The third kappa shape index (κ3) is 6.79. The average Bonchev–Trinajstić information content (AvgIpc) is 2.32. The van der Waals surface area contributed by atoms with Crippen LogP contribution in [0, 0.1) is 0 Å². The highest BCUT2D eigenvalue weighted by atomic mass is 16.5. The Bertz CT molecular complexity index is 372. The van der Waals surface area contributed by atoms with E-state index in [4.69, 9.17) is 15.2 Å². The number of nitrogen functional groups attached to an aromatic ring is 1. The molecule has 1 rings (SSSR count). The summed E-state index contributed by atoms with van der Waals surface area (Å²) in [7, 11) is 0. The van der Waals surface area contributed by atoms with Gasteiger partial charge in [-0.3, -0.25) is 0 Å². The van der Waals surface area contributed by atoms with E-state index in [0.29, 0.717) is 6.61 Å². The van der Waals surface area contributed by atoms with Gasteiger partial charge in [-0.15, -0.1) is 4.98 Å². The lowest BCUT2D eigenvalue weighted by atomic mass is 10.2. The molecule has 0 saturated heterocycles. The van der Waals surface area contributed by atoms with Gasteiger partial charge in [0.25, 0.3) is 0 Å². The van der Waals surface area contributed by atoms with Gasteiger partial charge in [0.05, 0.1) is 12.7 Å². The van der Waals surface area contributed by atoms with Crippen molar-refractivity contribution in [2.24, 2.45) is 0 Å². The number of nitrogens with two attached hydrogens (primary N) is 1. The fraction of sp³-hybridized carbons (Fsp3) is 0.769. The van der Waals surface area contributed by atoms with Crippen LogP contribution in [0.15, 0.2) is 0 Å². The number of nitrogens with zero attached hydrogens (tertiary/aromatic N) is 3. The summed E-state index contributed by atoms with van der Waals surface area (Å²) in [5.41, 5.74) is 5.58. The molecule has 0 aliphatic rings. The zero-order chi connectivity index (χ0) is 14.1. The predicted molar refractivity (Wildman–Crippen MR) is 74.3 cm³/mol. The quantitative estimate of drug-likeness (QED) is 0.693. The zero-order valence-corrected chi connectivity index (χ0v) is 12.1. The molecule has 0 aliphatic heterocycles. The van der Waals surface area contributed by atoms with Gasteiger partial charge in [-0.05, 0) is 20.3 Å². The summed E-state index contributed by atoms with van der Waals surface area (Å²) in [6.07, 6.45) is 5.88. The molecule has 0 fully saturated rings. The Morgan fingerprint density at radius 1 is 1.00 bits per heavy atom. The Balaban J connectivity index is 2.38. The molecular formula is C13H24N4O2. The van der Waals surface area contributed by atoms with Crippen LogP contribution in [0.5, 0.6) is 12.0 Å². The maximum Gasteiger partial charge on any atom is 0.324 e. The smallest absolute Gasteiger partial charge is 0.324 e. The lowest BCUT2D eigenvalue weighted by Crippen LogP contribution is -2.12. The fourth-order valence-electron chi connectivity index (χ4n) is 1.55. The highest BCUT2D eigenvalue weighted by molar-refractivity contribution is 5.20. The van der Waals surface area contributed by atoms with Gasteiger partial charge < -0.3 is 15.2 Å². The van der Waals surface area contributed by atoms with Gasteiger partial charge in [-0.25, -0.2) is 0 Å². The van der Waals surface area contributed by atoms with Crippen molar-refractivity contribution in [2.45, 2.75) is 59.0 Å². The summed E-state index contributed by atoms with van der Waals surface area (Å²) in [6.45, 7) is 6.58. The van der Waals surface area contributed by atoms with E-state index >= 15 is 0 Å². The summed E-state index contributed by atoms with van der Waals surface area (Å²) in [4.78, 5) is 11.9. The van der Waals surface area contributed by atoms with Crippen LogP contribution in [0.4, 0.5) is 5.95 Å². The molecule has 1 heterocycles. The van der Waals surface area contributed by atoms with E-state index in [9.17, 15) is 0 Å². The van der Waals surface area contributed by atoms with E-state index in [1.165, 1.54) is 19.3 Å². The molecule has 108 valence electrons. The van der Waals surface area contributed by atoms with Crippen molar-refractivity contribution in [3.05, 3.63) is 0 Å². The SMILES string of the molecule is CCCCCCCOc1nc(N)nc(OC(C)C)n1. The van der Waals surface area contributed by atoms with E-state index in [0.717, 1.165) is 12.8 Å². The lowest BCUT2D eigenvalue weighted by Gasteiger charge is -2.09. The van der Waals surface area contributed by atoms with Gasteiger partial charge in [-0.1, -0.05) is 32.6 Å². The standard InChI is InChI=1S/C13H24N4O2/c1-4-5-6-7-8-9-18-12-15-11(14)16-13(17-12)19-10(2)3/h10H,4-9H2,1-3H3,(H2,14,15,16,17). The molecule has 0 bridgehead atoms. The fourth-order valence-corrected chi connectivity index (χ4v) is 1.55. The second-order valence-electron chi connectivity index (χ2n) is 4.69. The van der Waals surface area contributed by atoms with Crippen LogP contribution in [0.2, 0.25) is 0 Å². The number of ether oxygens (including phenoxy) is 2. The predicted octanol–water partition coefficient (Wildman–Crippen LogP) is 2.59. The molecule has 0 amide bonds. The molecule has 1 aromatic heterocycles. The van der Waals surface area contributed by atoms with Crippen molar-refractivity contribution in [1.29, 1.82) is 0 Å². The summed E-state index contributed by atoms with van der Waals surface area (Å²) >= 11 is 0. The Kier molecular flexibility index (Phi) is 6.92. The molecule has 0 unspecified atom stereocenters. The third-order valence-electron chi connectivity index (χ3n) is 2.43. The molecular weight excluding hydrogens is 244 g/mol. The Morgan fingerprint density at radius 3 is 2.37 bits per heavy atom. The molecule has 0 aliphatic carbocycles. The van der Waals surface area contributed by atoms with Crippen molar-refractivity contribution < 1.29 is 9.47 Å². The van der Waals surface area contributed by atoms with Crippen molar-refractivity contribution in [3.63, 3.8) is 0 Å². The molecule has 6 nitrogen and oxygen atoms in total. The van der Waals surface area contributed by atoms with Crippen molar-refractivity contribution >= 4 is 5.95 Å². The summed E-state index contributed by atoms with van der Waals surface area (Å²) in [6, 6.07) is 0.446. The molecule has 0 atom stereocenters. The van der Waals surface area contributed by atoms with Gasteiger partial charge in [0.1, 0.15) is 0 Å². The normalized spacial score (nSPS) is 10.7. The summed E-state index contributed by atoms with van der Waals surface area (Å²) in [5.74, 6) is 0.117. The van der Waals surface area contributed by atoms with Crippen LogP contribution in [0.1, 0.15) is 52.9 Å². The Morgan fingerprint density at radius 2 is 1.68 bits per heavy atom. The number of unbranched alkanes of at least 4 members (excludes halogenated alkanes) is 4. The van der Waals surface area contributed by atoms with Crippen LogP contribution < -0.4 is 15.2 Å². The van der Waals surface area contributed by atoms with E-state index < -0.39 is 0 Å². The van der Waals surface area contributed by atoms with Crippen LogP contribution in [-0.2, 0) is 0 Å². The largest absolute Gasteiger partial charge is 0.463 e. The monoisotopic (exact) mass is 268 g/mol. The maximum absolute atomic E-state index is 5.58. The highest BCUT2D eigenvalue weighted by Gasteiger charge is 2.07. The first kappa shape index (κ1) is 15.5. The van der Waals surface area contributed by atoms with Crippen LogP contribution in [0.25, 0.3) is 0 Å². The minimum absolute atomic E-state index is 0.0105. The van der Waals surface area contributed by atoms with E-state index in [-0.39, 0.29) is 24.1 Å². The van der Waals surface area contributed by atoms with Crippen molar-refractivity contribution in [3.8, 4) is 12.0 Å². The molecule has 0 saturated carbocycles. The van der Waals surface area contributed by atoms with Gasteiger partial charge in [0, 0.05) is 0 Å². The Labute approximate surface area is 114 Å². The lowest BCUT2D eigenvalue weighted by molar-refractivity contribution is 0.212. The van der Waals surface area contributed by atoms with Gasteiger partial charge in [0.2, 0.25) is 5.95 Å². The van der Waals surface area contributed by atoms with E-state index in [2.05, 4.69) is 21.9 Å². The second-order valence-corrected chi connectivity index (χ2v) is 4.69. The molecule has 0 aromatic carbocycles. The van der Waals surface area contributed by atoms with Gasteiger partial charge >= 0.3 is 12.0 Å². The van der Waals surface area contributed by atoms with E-state index in [1.54, 1.807) is 0 Å². The van der Waals surface area contributed by atoms with Crippen molar-refractivity contribution in [1.82, 2.24) is 15.0 Å². The minimum atomic E-state index is -0.0105. The molecule has 0 radical (unpaired) electrons.